The van der Waals surface area contributed by atoms with Gasteiger partial charge in [0.25, 0.3) is 0 Å². The van der Waals surface area contributed by atoms with Gasteiger partial charge in [-0.05, 0) is 43.7 Å². The number of aryl methyl sites for hydroxylation is 2. The Kier molecular flexibility index (Phi) is 4.47. The molecule has 4 nitrogen and oxygen atoms in total. The second-order valence-electron chi connectivity index (χ2n) is 6.19. The lowest BCUT2D eigenvalue weighted by atomic mass is 10.0. The lowest BCUT2D eigenvalue weighted by Crippen LogP contribution is -2.43. The first kappa shape index (κ1) is 15.5. The molecule has 0 amide bonds. The normalized spacial score (nSPS) is 17.0. The van der Waals surface area contributed by atoms with E-state index in [9.17, 15) is 4.79 Å². The number of hydrogen-bond donors (Lipinski definition) is 1. The van der Waals surface area contributed by atoms with Gasteiger partial charge in [-0.25, -0.2) is 0 Å². The Morgan fingerprint density at radius 1 is 1.14 bits per heavy atom. The van der Waals surface area contributed by atoms with E-state index in [2.05, 4.69) is 53.9 Å². The number of rotatable bonds is 3. The number of H-pyrrole nitrogens is 1. The van der Waals surface area contributed by atoms with Crippen LogP contribution in [0.25, 0.3) is 11.3 Å². The monoisotopic (exact) mass is 317 g/mol. The highest BCUT2D eigenvalue weighted by Crippen LogP contribution is 2.26. The molecule has 0 aliphatic carbocycles. The van der Waals surface area contributed by atoms with Gasteiger partial charge in [0.05, 0.1) is 5.69 Å². The molecule has 118 valence electrons. The number of piperazine rings is 1. The van der Waals surface area contributed by atoms with Gasteiger partial charge in [0.15, 0.2) is 0 Å². The van der Waals surface area contributed by atoms with Crippen molar-refractivity contribution in [2.45, 2.75) is 20.4 Å². The summed E-state index contributed by atoms with van der Waals surface area (Å²) in [5, 5.41) is 0. The van der Waals surface area contributed by atoms with Crippen LogP contribution in [0.4, 0.5) is 0 Å². The predicted octanol–water partition coefficient (Wildman–Crippen LogP) is 2.47. The van der Waals surface area contributed by atoms with Crippen LogP contribution in [0.1, 0.15) is 16.0 Å². The Morgan fingerprint density at radius 3 is 2.55 bits per heavy atom. The summed E-state index contributed by atoms with van der Waals surface area (Å²) in [6.45, 7) is 9.41. The summed E-state index contributed by atoms with van der Waals surface area (Å²) in [4.78, 5) is 20.9. The van der Waals surface area contributed by atoms with Crippen molar-refractivity contribution in [2.24, 2.45) is 0 Å². The number of likely N-dealkylation sites (N-methyl/N-ethyl adjacent to an activating group) is 1. The smallest absolute Gasteiger partial charge is 0.305 e. The fourth-order valence-corrected chi connectivity index (χ4v) is 3.71. The third kappa shape index (κ3) is 3.32. The molecule has 0 atom stereocenters. The maximum Gasteiger partial charge on any atom is 0.305 e. The average molecular weight is 317 g/mol. The van der Waals surface area contributed by atoms with Crippen LogP contribution in [0.5, 0.6) is 0 Å². The lowest BCUT2D eigenvalue weighted by molar-refractivity contribution is 0.149. The zero-order chi connectivity index (χ0) is 15.7. The highest BCUT2D eigenvalue weighted by molar-refractivity contribution is 7.09. The van der Waals surface area contributed by atoms with E-state index in [-0.39, 0.29) is 4.87 Å². The van der Waals surface area contributed by atoms with Crippen molar-refractivity contribution >= 4 is 11.3 Å². The Labute approximate surface area is 135 Å². The minimum Gasteiger partial charge on any atom is -0.312 e. The molecule has 1 fully saturated rings. The molecule has 1 aliphatic heterocycles. The number of nitrogens with zero attached hydrogens (tertiary/aromatic N) is 2. The molecule has 2 aromatic rings. The van der Waals surface area contributed by atoms with Crippen LogP contribution in [-0.2, 0) is 6.54 Å². The third-order valence-corrected chi connectivity index (χ3v) is 5.35. The van der Waals surface area contributed by atoms with Gasteiger partial charge < -0.3 is 9.88 Å². The SMILES string of the molecule is Cc1ccc(-c2[nH]c(=O)sc2CN2CCN(C)CC2)cc1C. The third-order valence-electron chi connectivity index (χ3n) is 4.48. The highest BCUT2D eigenvalue weighted by atomic mass is 32.1. The quantitative estimate of drug-likeness (QED) is 0.945. The molecule has 1 saturated heterocycles. The summed E-state index contributed by atoms with van der Waals surface area (Å²) >= 11 is 1.35. The van der Waals surface area contributed by atoms with E-state index >= 15 is 0 Å². The molecule has 0 bridgehead atoms. The summed E-state index contributed by atoms with van der Waals surface area (Å²) < 4.78 is 0. The minimum atomic E-state index is 0.0392. The fourth-order valence-electron chi connectivity index (χ4n) is 2.81. The second kappa shape index (κ2) is 6.36. The summed E-state index contributed by atoms with van der Waals surface area (Å²) in [7, 11) is 2.16. The Balaban J connectivity index is 1.86. The van der Waals surface area contributed by atoms with Gasteiger partial charge in [0.1, 0.15) is 0 Å². The van der Waals surface area contributed by atoms with Crippen LogP contribution in [0, 0.1) is 13.8 Å². The maximum absolute atomic E-state index is 11.9. The molecule has 1 aromatic heterocycles. The van der Waals surface area contributed by atoms with Gasteiger partial charge in [0, 0.05) is 37.6 Å². The molecule has 3 rings (SSSR count). The van der Waals surface area contributed by atoms with Crippen molar-refractivity contribution in [3.05, 3.63) is 43.9 Å². The molecule has 0 spiro atoms. The average Bonchev–Trinajstić information content (AvgIpc) is 2.85. The first-order chi connectivity index (χ1) is 10.5. The Morgan fingerprint density at radius 2 is 1.86 bits per heavy atom. The van der Waals surface area contributed by atoms with E-state index in [0.29, 0.717) is 0 Å². The molecule has 5 heteroatoms. The van der Waals surface area contributed by atoms with Crippen molar-refractivity contribution in [1.29, 1.82) is 0 Å². The largest absolute Gasteiger partial charge is 0.312 e. The number of aromatic nitrogens is 1. The van der Waals surface area contributed by atoms with E-state index in [1.807, 2.05) is 0 Å². The van der Waals surface area contributed by atoms with Crippen LogP contribution in [0.2, 0.25) is 0 Å². The predicted molar refractivity (Wildman–Crippen MR) is 92.6 cm³/mol. The summed E-state index contributed by atoms with van der Waals surface area (Å²) in [6.07, 6.45) is 0. The number of benzene rings is 1. The van der Waals surface area contributed by atoms with E-state index < -0.39 is 0 Å². The summed E-state index contributed by atoms with van der Waals surface area (Å²) in [5.41, 5.74) is 4.65. The second-order valence-corrected chi connectivity index (χ2v) is 7.26. The Hall–Kier alpha value is -1.43. The van der Waals surface area contributed by atoms with Crippen molar-refractivity contribution in [1.82, 2.24) is 14.8 Å². The summed E-state index contributed by atoms with van der Waals surface area (Å²) in [5.74, 6) is 0. The van der Waals surface area contributed by atoms with E-state index in [1.54, 1.807) is 0 Å². The number of nitrogens with one attached hydrogen (secondary N) is 1. The van der Waals surface area contributed by atoms with Crippen molar-refractivity contribution < 1.29 is 0 Å². The van der Waals surface area contributed by atoms with Gasteiger partial charge in [0.2, 0.25) is 0 Å². The number of thiazole rings is 1. The van der Waals surface area contributed by atoms with Gasteiger partial charge in [-0.1, -0.05) is 23.5 Å². The molecule has 0 saturated carbocycles. The van der Waals surface area contributed by atoms with Crippen LogP contribution >= 0.6 is 11.3 Å². The van der Waals surface area contributed by atoms with Gasteiger partial charge in [-0.15, -0.1) is 0 Å². The summed E-state index contributed by atoms with van der Waals surface area (Å²) in [6, 6.07) is 6.40. The minimum absolute atomic E-state index is 0.0392. The van der Waals surface area contributed by atoms with Crippen molar-refractivity contribution in [3.63, 3.8) is 0 Å². The van der Waals surface area contributed by atoms with Crippen LogP contribution in [-0.4, -0.2) is 48.0 Å². The van der Waals surface area contributed by atoms with Crippen molar-refractivity contribution in [2.75, 3.05) is 33.2 Å². The highest BCUT2D eigenvalue weighted by Gasteiger charge is 2.18. The zero-order valence-corrected chi connectivity index (χ0v) is 14.3. The first-order valence-electron chi connectivity index (χ1n) is 7.73. The fraction of sp³-hybridized carbons (Fsp3) is 0.471. The standard InChI is InChI=1S/C17H23N3OS/c1-12-4-5-14(10-13(12)2)16-15(22-17(21)18-16)11-20-8-6-19(3)7-9-20/h4-5,10H,6-9,11H2,1-3H3,(H,18,21). The topological polar surface area (TPSA) is 39.3 Å². The van der Waals surface area contributed by atoms with Crippen molar-refractivity contribution in [3.8, 4) is 11.3 Å². The molecule has 1 aliphatic rings. The maximum atomic E-state index is 11.9. The molecule has 2 heterocycles. The number of aromatic amines is 1. The Bertz CT molecular complexity index is 711. The molecule has 1 N–H and O–H groups in total. The lowest BCUT2D eigenvalue weighted by Gasteiger charge is -2.32. The molecule has 1 aromatic carbocycles. The van der Waals surface area contributed by atoms with Gasteiger partial charge in [-0.2, -0.15) is 0 Å². The molecular weight excluding hydrogens is 294 g/mol. The number of hydrogen-bond acceptors (Lipinski definition) is 4. The molecule has 22 heavy (non-hydrogen) atoms. The van der Waals surface area contributed by atoms with Gasteiger partial charge >= 0.3 is 4.87 Å². The van der Waals surface area contributed by atoms with Gasteiger partial charge in [-0.3, -0.25) is 9.69 Å². The molecule has 0 radical (unpaired) electrons. The van der Waals surface area contributed by atoms with E-state index in [4.69, 9.17) is 0 Å². The van der Waals surface area contributed by atoms with E-state index in [0.717, 1.165) is 48.9 Å². The zero-order valence-electron chi connectivity index (χ0n) is 13.5. The van der Waals surface area contributed by atoms with Crippen LogP contribution < -0.4 is 4.87 Å². The van der Waals surface area contributed by atoms with Crippen LogP contribution in [0.3, 0.4) is 0 Å². The molecular formula is C17H23N3OS. The molecule has 0 unspecified atom stereocenters. The first-order valence-corrected chi connectivity index (χ1v) is 8.55. The van der Waals surface area contributed by atoms with E-state index in [1.165, 1.54) is 22.5 Å². The van der Waals surface area contributed by atoms with Crippen LogP contribution in [0.15, 0.2) is 23.0 Å².